The van der Waals surface area contributed by atoms with Crippen molar-refractivity contribution in [2.75, 3.05) is 27.4 Å². The van der Waals surface area contributed by atoms with Crippen LogP contribution in [0.5, 0.6) is 11.5 Å². The number of ether oxygens (including phenoxy) is 3. The Bertz CT molecular complexity index is 836. The third kappa shape index (κ3) is 4.37. The molecule has 1 aromatic carbocycles. The van der Waals surface area contributed by atoms with Crippen molar-refractivity contribution in [3.63, 3.8) is 0 Å². The molecule has 0 aromatic heterocycles. The summed E-state index contributed by atoms with van der Waals surface area (Å²) in [6.45, 7) is 1.22. The summed E-state index contributed by atoms with van der Waals surface area (Å²) < 4.78 is 14.9. The van der Waals surface area contributed by atoms with Crippen molar-refractivity contribution >= 4 is 40.6 Å². The van der Waals surface area contributed by atoms with E-state index in [0.717, 1.165) is 4.90 Å². The minimum atomic E-state index is -0.710. The monoisotopic (exact) mass is 396 g/mol. The number of nitro benzene ring substituents is 1. The van der Waals surface area contributed by atoms with Crippen molar-refractivity contribution in [2.24, 2.45) is 0 Å². The molecule has 11 heteroatoms. The van der Waals surface area contributed by atoms with Gasteiger partial charge < -0.3 is 14.2 Å². The molecule has 1 aliphatic heterocycles. The van der Waals surface area contributed by atoms with Crippen molar-refractivity contribution in [1.82, 2.24) is 4.90 Å². The first-order valence-corrected chi connectivity index (χ1v) is 8.45. The van der Waals surface area contributed by atoms with Crippen molar-refractivity contribution in [3.8, 4) is 11.5 Å². The molecule has 1 heterocycles. The number of benzene rings is 1. The second-order valence-corrected chi connectivity index (χ2v) is 6.09. The number of amides is 2. The number of esters is 1. The third-order valence-corrected chi connectivity index (χ3v) is 4.39. The molecule has 0 atom stereocenters. The fourth-order valence-corrected chi connectivity index (χ4v) is 3.10. The predicted molar refractivity (Wildman–Crippen MR) is 95.5 cm³/mol. The molecule has 0 bridgehead atoms. The van der Waals surface area contributed by atoms with Gasteiger partial charge in [-0.3, -0.25) is 29.4 Å². The minimum Gasteiger partial charge on any atom is -0.496 e. The van der Waals surface area contributed by atoms with Gasteiger partial charge in [-0.25, -0.2) is 0 Å². The maximum absolute atomic E-state index is 12.4. The molecule has 144 valence electrons. The summed E-state index contributed by atoms with van der Waals surface area (Å²) in [5.74, 6) is -1.20. The Morgan fingerprint density at radius 3 is 2.48 bits per heavy atom. The summed E-state index contributed by atoms with van der Waals surface area (Å²) in [6.07, 6.45) is 1.29. The molecule has 10 nitrogen and oxygen atoms in total. The van der Waals surface area contributed by atoms with Crippen molar-refractivity contribution < 1.29 is 33.5 Å². The van der Waals surface area contributed by atoms with E-state index in [2.05, 4.69) is 0 Å². The molecule has 0 N–H and O–H groups in total. The maximum atomic E-state index is 12.4. The Kier molecular flexibility index (Phi) is 6.40. The molecule has 2 rings (SSSR count). The van der Waals surface area contributed by atoms with E-state index in [0.29, 0.717) is 11.8 Å². The molecular weight excluding hydrogens is 380 g/mol. The van der Waals surface area contributed by atoms with Gasteiger partial charge >= 0.3 is 11.7 Å². The average molecular weight is 396 g/mol. The number of hydrogen-bond acceptors (Lipinski definition) is 9. The zero-order chi connectivity index (χ0) is 20.1. The molecule has 0 saturated carbocycles. The van der Waals surface area contributed by atoms with Crippen LogP contribution in [0.1, 0.15) is 12.5 Å². The Morgan fingerprint density at radius 1 is 1.26 bits per heavy atom. The van der Waals surface area contributed by atoms with E-state index in [-0.39, 0.29) is 34.3 Å². The first-order valence-electron chi connectivity index (χ1n) is 7.63. The lowest BCUT2D eigenvalue weighted by atomic mass is 10.1. The molecule has 2 amide bonds. The van der Waals surface area contributed by atoms with Crippen LogP contribution in [0.2, 0.25) is 0 Å². The molecule has 0 radical (unpaired) electrons. The summed E-state index contributed by atoms with van der Waals surface area (Å²) in [5, 5.41) is 10.6. The molecule has 1 fully saturated rings. The van der Waals surface area contributed by atoms with Crippen LogP contribution in [-0.4, -0.2) is 54.3 Å². The molecule has 0 unspecified atom stereocenters. The lowest BCUT2D eigenvalue weighted by Crippen LogP contribution is -2.34. The number of nitro groups is 1. The second kappa shape index (κ2) is 8.54. The van der Waals surface area contributed by atoms with Gasteiger partial charge in [-0.15, -0.1) is 0 Å². The number of methoxy groups -OCH3 is 2. The Morgan fingerprint density at radius 2 is 1.93 bits per heavy atom. The van der Waals surface area contributed by atoms with Crippen LogP contribution in [0.3, 0.4) is 0 Å². The Labute approximate surface area is 158 Å². The van der Waals surface area contributed by atoms with Crippen molar-refractivity contribution in [1.29, 1.82) is 0 Å². The van der Waals surface area contributed by atoms with Crippen LogP contribution >= 0.6 is 11.8 Å². The van der Waals surface area contributed by atoms with Gasteiger partial charge in [0.2, 0.25) is 5.75 Å². The van der Waals surface area contributed by atoms with E-state index >= 15 is 0 Å². The Hall–Kier alpha value is -3.08. The van der Waals surface area contributed by atoms with Gasteiger partial charge in [-0.05, 0) is 24.8 Å². The number of imide groups is 1. The fourth-order valence-electron chi connectivity index (χ4n) is 2.27. The largest absolute Gasteiger partial charge is 0.496 e. The summed E-state index contributed by atoms with van der Waals surface area (Å²) in [6, 6.07) is 2.49. The number of thioether (sulfide) groups is 1. The van der Waals surface area contributed by atoms with Crippen LogP contribution in [0.25, 0.3) is 6.08 Å². The quantitative estimate of drug-likeness (QED) is 0.295. The molecule has 1 aromatic rings. The van der Waals surface area contributed by atoms with Gasteiger partial charge in [0, 0.05) is 17.7 Å². The summed E-state index contributed by atoms with van der Waals surface area (Å²) in [7, 11) is 2.63. The highest BCUT2D eigenvalue weighted by Gasteiger charge is 2.37. The van der Waals surface area contributed by atoms with Crippen molar-refractivity contribution in [2.45, 2.75) is 6.92 Å². The molecule has 0 spiro atoms. The maximum Gasteiger partial charge on any atom is 0.326 e. The number of hydrogen-bond donors (Lipinski definition) is 0. The molecule has 0 aliphatic carbocycles. The average Bonchev–Trinajstić information content (AvgIpc) is 2.88. The standard InChI is InChI=1S/C16H16N2O8S/c1-4-26-14(19)8-17-15(20)13(27-16(17)21)6-9-5-10(18(22)23)12(25-3)7-11(9)24-2/h5-7H,4,8H2,1-3H3/b13-6+. The van der Waals surface area contributed by atoms with Crippen LogP contribution in [0.4, 0.5) is 10.5 Å². The highest BCUT2D eigenvalue weighted by atomic mass is 32.2. The second-order valence-electron chi connectivity index (χ2n) is 5.10. The van der Waals surface area contributed by atoms with E-state index in [1.807, 2.05) is 0 Å². The number of nitrogens with zero attached hydrogens (tertiary/aromatic N) is 2. The fraction of sp³-hybridized carbons (Fsp3) is 0.312. The normalized spacial score (nSPS) is 15.2. The third-order valence-electron chi connectivity index (χ3n) is 3.48. The van der Waals surface area contributed by atoms with Gasteiger partial charge in [-0.1, -0.05) is 0 Å². The van der Waals surface area contributed by atoms with E-state index in [1.165, 1.54) is 32.4 Å². The number of rotatable bonds is 7. The van der Waals surface area contributed by atoms with E-state index in [4.69, 9.17) is 14.2 Å². The van der Waals surface area contributed by atoms with Crippen molar-refractivity contribution in [3.05, 3.63) is 32.7 Å². The van der Waals surface area contributed by atoms with Gasteiger partial charge in [0.15, 0.2) is 0 Å². The zero-order valence-corrected chi connectivity index (χ0v) is 15.5. The number of carbonyl (C=O) groups is 3. The zero-order valence-electron chi connectivity index (χ0n) is 14.7. The first kappa shape index (κ1) is 20.2. The SMILES string of the molecule is CCOC(=O)CN1C(=O)S/C(=C/c2cc([N+](=O)[O-])c(OC)cc2OC)C1=O. The summed E-state index contributed by atoms with van der Waals surface area (Å²) in [4.78, 5) is 47.3. The van der Waals surface area contributed by atoms with Crippen LogP contribution in [0, 0.1) is 10.1 Å². The lowest BCUT2D eigenvalue weighted by molar-refractivity contribution is -0.385. The first-order chi connectivity index (χ1) is 12.8. The van der Waals surface area contributed by atoms with Crippen LogP contribution in [0.15, 0.2) is 17.0 Å². The van der Waals surface area contributed by atoms with Gasteiger partial charge in [0.05, 0.1) is 30.7 Å². The molecule has 1 aliphatic rings. The van der Waals surface area contributed by atoms with E-state index < -0.39 is 28.6 Å². The Balaban J connectivity index is 2.39. The highest BCUT2D eigenvalue weighted by molar-refractivity contribution is 8.18. The number of carbonyl (C=O) groups excluding carboxylic acids is 3. The van der Waals surface area contributed by atoms with Crippen LogP contribution < -0.4 is 9.47 Å². The predicted octanol–water partition coefficient (Wildman–Crippen LogP) is 2.21. The van der Waals surface area contributed by atoms with E-state index in [9.17, 15) is 24.5 Å². The minimum absolute atomic E-state index is 0.00191. The summed E-state index contributed by atoms with van der Waals surface area (Å²) >= 11 is 0.614. The molecular formula is C16H16N2O8S. The van der Waals surface area contributed by atoms with Gasteiger partial charge in [0.1, 0.15) is 12.3 Å². The van der Waals surface area contributed by atoms with Gasteiger partial charge in [0.25, 0.3) is 11.1 Å². The molecule has 27 heavy (non-hydrogen) atoms. The molecule has 1 saturated heterocycles. The van der Waals surface area contributed by atoms with Crippen LogP contribution in [-0.2, 0) is 14.3 Å². The topological polar surface area (TPSA) is 125 Å². The summed E-state index contributed by atoms with van der Waals surface area (Å²) in [5.41, 5.74) is -0.109. The smallest absolute Gasteiger partial charge is 0.326 e. The lowest BCUT2D eigenvalue weighted by Gasteiger charge is -2.11. The highest BCUT2D eigenvalue weighted by Crippen LogP contribution is 2.38. The van der Waals surface area contributed by atoms with E-state index in [1.54, 1.807) is 6.92 Å². The van der Waals surface area contributed by atoms with Gasteiger partial charge in [-0.2, -0.15) is 0 Å².